The lowest BCUT2D eigenvalue weighted by molar-refractivity contribution is 0.0204. The predicted molar refractivity (Wildman–Crippen MR) is 82.0 cm³/mol. The molecule has 0 spiro atoms. The fourth-order valence-corrected chi connectivity index (χ4v) is 3.44. The Balaban J connectivity index is 1.98. The molecule has 0 aromatic heterocycles. The summed E-state index contributed by atoms with van der Waals surface area (Å²) >= 11 is 3.83. The number of methoxy groups -OCH3 is 1. The Hall–Kier alpha value is 0.360. The van der Waals surface area contributed by atoms with Gasteiger partial charge in [0.1, 0.15) is 0 Å². The van der Waals surface area contributed by atoms with E-state index in [1.807, 2.05) is 0 Å². The quantitative estimate of drug-likeness (QED) is 0.450. The van der Waals surface area contributed by atoms with Crippen molar-refractivity contribution < 1.29 is 14.2 Å². The van der Waals surface area contributed by atoms with Crippen LogP contribution >= 0.6 is 15.9 Å². The summed E-state index contributed by atoms with van der Waals surface area (Å²) in [7, 11) is 1.68. The highest BCUT2D eigenvalue weighted by molar-refractivity contribution is 9.09. The Morgan fingerprint density at radius 2 is 1.68 bits per heavy atom. The highest BCUT2D eigenvalue weighted by Gasteiger charge is 2.27. The second kappa shape index (κ2) is 11.1. The molecule has 0 aliphatic heterocycles. The zero-order valence-electron chi connectivity index (χ0n) is 12.4. The van der Waals surface area contributed by atoms with Crippen LogP contribution in [0.2, 0.25) is 0 Å². The molecular weight excluding hydrogens is 308 g/mol. The minimum absolute atomic E-state index is 0.657. The van der Waals surface area contributed by atoms with Gasteiger partial charge in [0.05, 0.1) is 26.4 Å². The molecule has 0 heterocycles. The lowest BCUT2D eigenvalue weighted by Gasteiger charge is -2.32. The van der Waals surface area contributed by atoms with Gasteiger partial charge in [0.25, 0.3) is 0 Å². The molecule has 1 aliphatic rings. The van der Waals surface area contributed by atoms with E-state index >= 15 is 0 Å². The largest absolute Gasteiger partial charge is 0.382 e. The third-order valence-corrected chi connectivity index (χ3v) is 5.22. The van der Waals surface area contributed by atoms with Gasteiger partial charge in [0.2, 0.25) is 0 Å². The van der Waals surface area contributed by atoms with Gasteiger partial charge in [-0.25, -0.2) is 0 Å². The maximum atomic E-state index is 5.65. The Labute approximate surface area is 126 Å². The van der Waals surface area contributed by atoms with Crippen LogP contribution in [-0.2, 0) is 14.2 Å². The van der Waals surface area contributed by atoms with E-state index in [1.165, 1.54) is 32.1 Å². The van der Waals surface area contributed by atoms with Crippen LogP contribution in [0.5, 0.6) is 0 Å². The van der Waals surface area contributed by atoms with Gasteiger partial charge in [0.15, 0.2) is 0 Å². The van der Waals surface area contributed by atoms with Gasteiger partial charge in [-0.15, -0.1) is 0 Å². The summed E-state index contributed by atoms with van der Waals surface area (Å²) in [5, 5.41) is 0. The van der Waals surface area contributed by atoms with Crippen molar-refractivity contribution in [3.8, 4) is 0 Å². The zero-order chi connectivity index (χ0) is 13.9. The van der Waals surface area contributed by atoms with E-state index in [0.717, 1.165) is 18.4 Å². The van der Waals surface area contributed by atoms with Crippen molar-refractivity contribution in [2.75, 3.05) is 40.1 Å². The second-order valence-corrected chi connectivity index (χ2v) is 6.55. The van der Waals surface area contributed by atoms with Gasteiger partial charge in [-0.3, -0.25) is 0 Å². The van der Waals surface area contributed by atoms with Crippen molar-refractivity contribution in [3.63, 3.8) is 0 Å². The smallest absolute Gasteiger partial charge is 0.0701 e. The first-order chi connectivity index (χ1) is 9.27. The van der Waals surface area contributed by atoms with E-state index in [0.29, 0.717) is 31.3 Å². The first-order valence-corrected chi connectivity index (χ1v) is 8.48. The van der Waals surface area contributed by atoms with Crippen LogP contribution in [-0.4, -0.2) is 45.0 Å². The average Bonchev–Trinajstić information content (AvgIpc) is 2.43. The highest BCUT2D eigenvalue weighted by Crippen LogP contribution is 2.36. The third kappa shape index (κ3) is 7.64. The standard InChI is InChI=1S/C15H29BrO3/c1-3-13-4-5-15(16)14(12-13)6-7-18-10-11-19-9-8-17-2/h13-15H,3-12H2,1-2H3. The molecule has 0 radical (unpaired) electrons. The van der Waals surface area contributed by atoms with Crippen molar-refractivity contribution in [1.29, 1.82) is 0 Å². The van der Waals surface area contributed by atoms with Crippen LogP contribution < -0.4 is 0 Å². The molecule has 0 N–H and O–H groups in total. The average molecular weight is 337 g/mol. The molecule has 19 heavy (non-hydrogen) atoms. The molecule has 114 valence electrons. The SMILES string of the molecule is CCC1CCC(Br)C(CCOCCOCCOC)C1. The fraction of sp³-hybridized carbons (Fsp3) is 1.00. The lowest BCUT2D eigenvalue weighted by Crippen LogP contribution is -2.26. The topological polar surface area (TPSA) is 27.7 Å². The van der Waals surface area contributed by atoms with Crippen molar-refractivity contribution in [1.82, 2.24) is 0 Å². The van der Waals surface area contributed by atoms with Gasteiger partial charge in [-0.05, 0) is 37.5 Å². The Bertz CT molecular complexity index is 214. The van der Waals surface area contributed by atoms with Crippen LogP contribution in [0.25, 0.3) is 0 Å². The third-order valence-electron chi connectivity index (χ3n) is 4.01. The summed E-state index contributed by atoms with van der Waals surface area (Å²) in [5.41, 5.74) is 0. The molecule has 0 aromatic carbocycles. The normalized spacial score (nSPS) is 27.6. The van der Waals surface area contributed by atoms with Crippen molar-refractivity contribution in [2.45, 2.75) is 43.9 Å². The fourth-order valence-electron chi connectivity index (χ4n) is 2.69. The van der Waals surface area contributed by atoms with Gasteiger partial charge in [-0.1, -0.05) is 29.3 Å². The Morgan fingerprint density at radius 3 is 2.37 bits per heavy atom. The van der Waals surface area contributed by atoms with Gasteiger partial charge in [0, 0.05) is 18.5 Å². The van der Waals surface area contributed by atoms with Crippen LogP contribution in [0, 0.1) is 11.8 Å². The number of hydrogen-bond donors (Lipinski definition) is 0. The molecule has 3 unspecified atom stereocenters. The number of rotatable bonds is 10. The van der Waals surface area contributed by atoms with E-state index in [4.69, 9.17) is 14.2 Å². The van der Waals surface area contributed by atoms with Gasteiger partial charge in [-0.2, -0.15) is 0 Å². The van der Waals surface area contributed by atoms with E-state index in [-0.39, 0.29) is 0 Å². The molecule has 4 heteroatoms. The molecule has 3 nitrogen and oxygen atoms in total. The minimum Gasteiger partial charge on any atom is -0.382 e. The molecule has 0 amide bonds. The number of hydrogen-bond acceptors (Lipinski definition) is 3. The lowest BCUT2D eigenvalue weighted by atomic mass is 9.79. The highest BCUT2D eigenvalue weighted by atomic mass is 79.9. The number of alkyl halides is 1. The van der Waals surface area contributed by atoms with Crippen LogP contribution in [0.1, 0.15) is 39.0 Å². The molecule has 0 saturated heterocycles. The summed E-state index contributed by atoms with van der Waals surface area (Å²) in [4.78, 5) is 0.692. The number of ether oxygens (including phenoxy) is 3. The van der Waals surface area contributed by atoms with Crippen LogP contribution in [0.4, 0.5) is 0 Å². The summed E-state index contributed by atoms with van der Waals surface area (Å²) in [6.45, 7) is 5.85. The van der Waals surface area contributed by atoms with Crippen molar-refractivity contribution >= 4 is 15.9 Å². The second-order valence-electron chi connectivity index (χ2n) is 5.37. The van der Waals surface area contributed by atoms with Gasteiger partial charge >= 0.3 is 0 Å². The molecule has 1 aliphatic carbocycles. The molecule has 1 fully saturated rings. The van der Waals surface area contributed by atoms with Crippen LogP contribution in [0.3, 0.4) is 0 Å². The summed E-state index contributed by atoms with van der Waals surface area (Å²) < 4.78 is 15.9. The monoisotopic (exact) mass is 336 g/mol. The minimum atomic E-state index is 0.657. The summed E-state index contributed by atoms with van der Waals surface area (Å²) in [6, 6.07) is 0. The predicted octanol–water partition coefficient (Wildman–Crippen LogP) is 3.65. The van der Waals surface area contributed by atoms with Gasteiger partial charge < -0.3 is 14.2 Å². The molecule has 0 aromatic rings. The first-order valence-electron chi connectivity index (χ1n) is 7.56. The van der Waals surface area contributed by atoms with E-state index in [2.05, 4.69) is 22.9 Å². The van der Waals surface area contributed by atoms with E-state index in [1.54, 1.807) is 7.11 Å². The maximum absolute atomic E-state index is 5.65. The van der Waals surface area contributed by atoms with E-state index < -0.39 is 0 Å². The summed E-state index contributed by atoms with van der Waals surface area (Å²) in [6.07, 6.45) is 6.56. The Morgan fingerprint density at radius 1 is 1.00 bits per heavy atom. The van der Waals surface area contributed by atoms with Crippen LogP contribution in [0.15, 0.2) is 0 Å². The first kappa shape index (κ1) is 17.4. The van der Waals surface area contributed by atoms with Crippen molar-refractivity contribution in [3.05, 3.63) is 0 Å². The number of halogens is 1. The molecule has 1 saturated carbocycles. The molecule has 3 atom stereocenters. The van der Waals surface area contributed by atoms with E-state index in [9.17, 15) is 0 Å². The molecule has 1 rings (SSSR count). The maximum Gasteiger partial charge on any atom is 0.0701 e. The molecular formula is C15H29BrO3. The Kier molecular flexibility index (Phi) is 10.1. The zero-order valence-corrected chi connectivity index (χ0v) is 14.0. The molecule has 0 bridgehead atoms. The summed E-state index contributed by atoms with van der Waals surface area (Å²) in [5.74, 6) is 1.71. The van der Waals surface area contributed by atoms with Crippen molar-refractivity contribution in [2.24, 2.45) is 11.8 Å².